The van der Waals surface area contributed by atoms with Crippen molar-refractivity contribution >= 4 is 21.4 Å². The van der Waals surface area contributed by atoms with E-state index >= 15 is 0 Å². The molecule has 0 amide bonds. The molecular formula is C21H29NO3S2. The molecule has 0 bridgehead atoms. The van der Waals surface area contributed by atoms with Gasteiger partial charge >= 0.3 is 0 Å². The van der Waals surface area contributed by atoms with Crippen LogP contribution in [0.25, 0.3) is 0 Å². The molecule has 6 heteroatoms. The predicted octanol–water partition coefficient (Wildman–Crippen LogP) is 4.96. The largest absolute Gasteiger partial charge is 0.493 e. The van der Waals surface area contributed by atoms with E-state index in [2.05, 4.69) is 36.1 Å². The molecule has 1 aliphatic carbocycles. The van der Waals surface area contributed by atoms with Crippen molar-refractivity contribution in [3.63, 3.8) is 0 Å². The van der Waals surface area contributed by atoms with E-state index in [-0.39, 0.29) is 10.3 Å². The van der Waals surface area contributed by atoms with Crippen LogP contribution in [0.4, 0.5) is 0 Å². The molecule has 27 heavy (non-hydrogen) atoms. The van der Waals surface area contributed by atoms with Gasteiger partial charge in [-0.05, 0) is 54.5 Å². The molecule has 0 unspecified atom stereocenters. The highest BCUT2D eigenvalue weighted by Gasteiger charge is 2.36. The molecule has 1 saturated carbocycles. The van der Waals surface area contributed by atoms with Gasteiger partial charge in [-0.1, -0.05) is 39.2 Å². The monoisotopic (exact) mass is 407 g/mol. The van der Waals surface area contributed by atoms with Gasteiger partial charge < -0.3 is 4.74 Å². The number of hydrogen-bond acceptors (Lipinski definition) is 4. The molecule has 3 rings (SSSR count). The third-order valence-electron chi connectivity index (χ3n) is 5.17. The first-order valence-corrected chi connectivity index (χ1v) is 12.0. The Bertz CT molecular complexity index is 806. The lowest BCUT2D eigenvalue weighted by Crippen LogP contribution is -2.41. The van der Waals surface area contributed by atoms with Crippen molar-refractivity contribution < 1.29 is 13.2 Å². The summed E-state index contributed by atoms with van der Waals surface area (Å²) in [5, 5.41) is 2.08. The topological polar surface area (TPSA) is 55.4 Å². The van der Waals surface area contributed by atoms with Gasteiger partial charge in [-0.2, -0.15) is 0 Å². The summed E-state index contributed by atoms with van der Waals surface area (Å²) < 4.78 is 34.2. The number of ether oxygens (including phenoxy) is 1. The summed E-state index contributed by atoms with van der Waals surface area (Å²) in [7, 11) is -3.54. The second-order valence-corrected chi connectivity index (χ2v) is 10.5. The van der Waals surface area contributed by atoms with E-state index in [1.165, 1.54) is 11.3 Å². The Morgan fingerprint density at radius 1 is 1.11 bits per heavy atom. The van der Waals surface area contributed by atoms with E-state index in [1.807, 2.05) is 0 Å². The molecule has 148 valence electrons. The van der Waals surface area contributed by atoms with Crippen molar-refractivity contribution in [1.82, 2.24) is 4.72 Å². The van der Waals surface area contributed by atoms with E-state index in [4.69, 9.17) is 4.74 Å². The van der Waals surface area contributed by atoms with E-state index in [0.717, 1.165) is 25.7 Å². The van der Waals surface area contributed by atoms with Crippen molar-refractivity contribution in [3.8, 4) is 5.75 Å². The molecule has 0 saturated heterocycles. The predicted molar refractivity (Wildman–Crippen MR) is 111 cm³/mol. The Morgan fingerprint density at radius 3 is 2.41 bits per heavy atom. The Balaban J connectivity index is 1.70. The van der Waals surface area contributed by atoms with Crippen molar-refractivity contribution in [2.24, 2.45) is 5.92 Å². The van der Waals surface area contributed by atoms with Gasteiger partial charge in [0.2, 0.25) is 10.0 Å². The Hall–Kier alpha value is -1.37. The van der Waals surface area contributed by atoms with Crippen LogP contribution in [0.3, 0.4) is 0 Å². The van der Waals surface area contributed by atoms with E-state index in [9.17, 15) is 8.42 Å². The molecule has 0 aliphatic heterocycles. The van der Waals surface area contributed by atoms with Crippen LogP contribution < -0.4 is 9.46 Å². The number of thiophene rings is 1. The van der Waals surface area contributed by atoms with Crippen molar-refractivity contribution in [1.29, 1.82) is 0 Å². The molecule has 1 aromatic heterocycles. The Labute approximate surface area is 167 Å². The lowest BCUT2D eigenvalue weighted by molar-refractivity contribution is 0.271. The standard InChI is InChI=1S/C21H29NO3S2/c1-17(2)15-25-18-8-10-19(11-9-18)27(23,24)22-16-21(12-4-3-5-13-21)20-7-6-14-26-20/h6-11,14,17,22H,3-5,12-13,15-16H2,1-2H3. The minimum atomic E-state index is -3.54. The van der Waals surface area contributed by atoms with Crippen molar-refractivity contribution in [2.45, 2.75) is 56.3 Å². The number of hydrogen-bond donors (Lipinski definition) is 1. The maximum Gasteiger partial charge on any atom is 0.240 e. The highest BCUT2D eigenvalue weighted by Crippen LogP contribution is 2.41. The SMILES string of the molecule is CC(C)COc1ccc(S(=O)(=O)NCC2(c3cccs3)CCCCC2)cc1. The zero-order valence-electron chi connectivity index (χ0n) is 16.1. The molecule has 0 spiro atoms. The van der Waals surface area contributed by atoms with E-state index in [0.29, 0.717) is 24.8 Å². The third kappa shape index (κ3) is 5.12. The zero-order chi connectivity index (χ0) is 19.3. The first kappa shape index (κ1) is 20.4. The summed E-state index contributed by atoms with van der Waals surface area (Å²) in [5.41, 5.74) is -0.0696. The van der Waals surface area contributed by atoms with Crippen LogP contribution in [0.5, 0.6) is 5.75 Å². The van der Waals surface area contributed by atoms with Crippen LogP contribution >= 0.6 is 11.3 Å². The average Bonchev–Trinajstić information content (AvgIpc) is 3.21. The fraction of sp³-hybridized carbons (Fsp3) is 0.524. The summed E-state index contributed by atoms with van der Waals surface area (Å²) in [5.74, 6) is 1.13. The first-order chi connectivity index (χ1) is 12.9. The molecule has 1 fully saturated rings. The van der Waals surface area contributed by atoms with Crippen LogP contribution in [-0.4, -0.2) is 21.6 Å². The number of benzene rings is 1. The fourth-order valence-corrected chi connectivity index (χ4v) is 5.73. The molecule has 1 aromatic carbocycles. The summed E-state index contributed by atoms with van der Waals surface area (Å²) in [4.78, 5) is 1.58. The molecule has 1 N–H and O–H groups in total. The molecule has 0 atom stereocenters. The van der Waals surface area contributed by atoms with Gasteiger partial charge in [0.25, 0.3) is 0 Å². The third-order valence-corrected chi connectivity index (χ3v) is 7.71. The summed E-state index contributed by atoms with van der Waals surface area (Å²) in [6.07, 6.45) is 5.62. The molecule has 1 heterocycles. The molecule has 1 aliphatic rings. The number of rotatable bonds is 8. The number of nitrogens with one attached hydrogen (secondary N) is 1. The smallest absolute Gasteiger partial charge is 0.240 e. The summed E-state index contributed by atoms with van der Waals surface area (Å²) in [6, 6.07) is 10.9. The minimum absolute atomic E-state index is 0.0696. The van der Waals surface area contributed by atoms with Crippen LogP contribution in [0.2, 0.25) is 0 Å². The Kier molecular flexibility index (Phi) is 6.61. The lowest BCUT2D eigenvalue weighted by Gasteiger charge is -2.36. The normalized spacial score (nSPS) is 17.1. The summed E-state index contributed by atoms with van der Waals surface area (Å²) >= 11 is 1.73. The van der Waals surface area contributed by atoms with Crippen LogP contribution in [0.15, 0.2) is 46.7 Å². The van der Waals surface area contributed by atoms with Gasteiger partial charge in [0.15, 0.2) is 0 Å². The molecule has 0 radical (unpaired) electrons. The quantitative estimate of drug-likeness (QED) is 0.673. The van der Waals surface area contributed by atoms with Gasteiger partial charge in [-0.15, -0.1) is 11.3 Å². The van der Waals surface area contributed by atoms with Crippen molar-refractivity contribution in [3.05, 3.63) is 46.7 Å². The van der Waals surface area contributed by atoms with Crippen LogP contribution in [0, 0.1) is 5.92 Å². The maximum atomic E-state index is 12.8. The second kappa shape index (κ2) is 8.76. The lowest BCUT2D eigenvalue weighted by atomic mass is 9.73. The fourth-order valence-electron chi connectivity index (χ4n) is 3.61. The van der Waals surface area contributed by atoms with Crippen molar-refractivity contribution in [2.75, 3.05) is 13.2 Å². The van der Waals surface area contributed by atoms with Gasteiger partial charge in [0, 0.05) is 16.8 Å². The first-order valence-electron chi connectivity index (χ1n) is 9.68. The van der Waals surface area contributed by atoms with Gasteiger partial charge in [0.05, 0.1) is 11.5 Å². The molecular weight excluding hydrogens is 378 g/mol. The van der Waals surface area contributed by atoms with Crippen LogP contribution in [-0.2, 0) is 15.4 Å². The van der Waals surface area contributed by atoms with E-state index in [1.54, 1.807) is 35.6 Å². The van der Waals surface area contributed by atoms with E-state index < -0.39 is 10.0 Å². The summed E-state index contributed by atoms with van der Waals surface area (Å²) in [6.45, 7) is 5.24. The van der Waals surface area contributed by atoms with Gasteiger partial charge in [-0.25, -0.2) is 13.1 Å². The molecule has 4 nitrogen and oxygen atoms in total. The van der Waals surface area contributed by atoms with Crippen LogP contribution in [0.1, 0.15) is 50.8 Å². The Morgan fingerprint density at radius 2 is 1.81 bits per heavy atom. The highest BCUT2D eigenvalue weighted by atomic mass is 32.2. The van der Waals surface area contributed by atoms with Gasteiger partial charge in [0.1, 0.15) is 5.75 Å². The molecule has 2 aromatic rings. The van der Waals surface area contributed by atoms with Gasteiger partial charge in [-0.3, -0.25) is 0 Å². The minimum Gasteiger partial charge on any atom is -0.493 e. The highest BCUT2D eigenvalue weighted by molar-refractivity contribution is 7.89. The number of sulfonamides is 1. The maximum absolute atomic E-state index is 12.8. The second-order valence-electron chi connectivity index (χ2n) is 7.82. The average molecular weight is 408 g/mol. The zero-order valence-corrected chi connectivity index (χ0v) is 17.7.